The van der Waals surface area contributed by atoms with Crippen molar-refractivity contribution in [2.45, 2.75) is 24.9 Å². The lowest BCUT2D eigenvalue weighted by Gasteiger charge is -2.26. The molecule has 120 valence electrons. The number of benzene rings is 1. The van der Waals surface area contributed by atoms with Gasteiger partial charge in [0.1, 0.15) is 5.82 Å². The lowest BCUT2D eigenvalue weighted by atomic mass is 9.99. The van der Waals surface area contributed by atoms with E-state index in [4.69, 9.17) is 0 Å². The Hall–Kier alpha value is -2.08. The average Bonchev–Trinajstić information content (AvgIpc) is 3.01. The Bertz CT molecular complexity index is 696. The first-order chi connectivity index (χ1) is 11.2. The third-order valence-corrected chi connectivity index (χ3v) is 4.68. The van der Waals surface area contributed by atoms with Crippen LogP contribution in [-0.2, 0) is 4.79 Å². The van der Waals surface area contributed by atoms with Gasteiger partial charge in [-0.3, -0.25) is 9.89 Å². The highest BCUT2D eigenvalue weighted by Crippen LogP contribution is 2.22. The summed E-state index contributed by atoms with van der Waals surface area (Å²) in [5.41, 5.74) is 2.59. The van der Waals surface area contributed by atoms with Gasteiger partial charge >= 0.3 is 0 Å². The Morgan fingerprint density at radius 2 is 2.17 bits per heavy atom. The van der Waals surface area contributed by atoms with Crippen molar-refractivity contribution in [3.8, 4) is 0 Å². The molecule has 1 aliphatic rings. The number of hydrogen-bond donors (Lipinski definition) is 1. The summed E-state index contributed by atoms with van der Waals surface area (Å²) in [4.78, 5) is 18.4. The molecule has 0 aliphatic carbocycles. The predicted octanol–water partition coefficient (Wildman–Crippen LogP) is 2.91. The number of aromatic amines is 1. The lowest BCUT2D eigenvalue weighted by molar-refractivity contribution is -0.130. The van der Waals surface area contributed by atoms with Crippen LogP contribution in [0.2, 0.25) is 0 Å². The largest absolute Gasteiger partial charge is 0.339 e. The van der Waals surface area contributed by atoms with Crippen molar-refractivity contribution in [1.29, 1.82) is 0 Å². The van der Waals surface area contributed by atoms with Crippen LogP contribution in [0.4, 0.5) is 0 Å². The van der Waals surface area contributed by atoms with Gasteiger partial charge in [0.15, 0.2) is 0 Å². The Balaban J connectivity index is 1.47. The molecule has 6 heteroatoms. The zero-order chi connectivity index (χ0) is 16.1. The molecule has 5 nitrogen and oxygen atoms in total. The van der Waals surface area contributed by atoms with Gasteiger partial charge in [0.2, 0.25) is 11.1 Å². The first-order valence-corrected chi connectivity index (χ1v) is 8.75. The minimum Gasteiger partial charge on any atom is -0.339 e. The van der Waals surface area contributed by atoms with Crippen LogP contribution in [0.5, 0.6) is 0 Å². The number of thioether (sulfide) groups is 1. The number of nitrogens with one attached hydrogen (secondary N) is 1. The highest BCUT2D eigenvalue weighted by Gasteiger charge is 2.17. The van der Waals surface area contributed by atoms with Crippen LogP contribution < -0.4 is 0 Å². The molecule has 1 amide bonds. The number of H-pyrrole nitrogens is 1. The van der Waals surface area contributed by atoms with Crippen LogP contribution >= 0.6 is 11.8 Å². The number of nitrogens with zero attached hydrogens (tertiary/aromatic N) is 3. The van der Waals surface area contributed by atoms with Crippen molar-refractivity contribution < 1.29 is 4.79 Å². The number of carbonyl (C=O) groups is 1. The highest BCUT2D eigenvalue weighted by atomic mass is 32.2. The molecule has 0 atom stereocenters. The predicted molar refractivity (Wildman–Crippen MR) is 92.1 cm³/mol. The molecule has 0 spiro atoms. The fraction of sp³-hybridized carbons (Fsp3) is 0.353. The highest BCUT2D eigenvalue weighted by molar-refractivity contribution is 7.99. The van der Waals surface area contributed by atoms with Gasteiger partial charge in [0, 0.05) is 25.3 Å². The molecule has 0 fully saturated rings. The van der Waals surface area contributed by atoms with E-state index in [2.05, 4.69) is 45.5 Å². The summed E-state index contributed by atoms with van der Waals surface area (Å²) in [6.45, 7) is 3.37. The third kappa shape index (κ3) is 4.22. The molecule has 0 radical (unpaired) electrons. The number of carbonyl (C=O) groups excluding carboxylic acids is 1. The van der Waals surface area contributed by atoms with Gasteiger partial charge in [-0.05, 0) is 24.5 Å². The van der Waals surface area contributed by atoms with Crippen LogP contribution in [0.15, 0.2) is 41.6 Å². The fourth-order valence-corrected chi connectivity index (χ4v) is 3.36. The monoisotopic (exact) mass is 328 g/mol. The minimum absolute atomic E-state index is 0.202. The standard InChI is InChI=1S/C17H20N4OS/c1-13-18-17(20-19-13)23-12-9-16(22)21-10-7-15(8-11-21)14-5-3-2-4-6-14/h2-7H,8-12H2,1H3,(H,18,19,20). The Morgan fingerprint density at radius 3 is 2.83 bits per heavy atom. The quantitative estimate of drug-likeness (QED) is 0.857. The van der Waals surface area contributed by atoms with Gasteiger partial charge in [-0.25, -0.2) is 4.98 Å². The minimum atomic E-state index is 0.202. The summed E-state index contributed by atoms with van der Waals surface area (Å²) in [7, 11) is 0. The summed E-state index contributed by atoms with van der Waals surface area (Å²) in [5.74, 6) is 1.71. The van der Waals surface area contributed by atoms with Gasteiger partial charge in [0.25, 0.3) is 0 Å². The maximum absolute atomic E-state index is 12.3. The van der Waals surface area contributed by atoms with Crippen molar-refractivity contribution in [2.75, 3.05) is 18.8 Å². The summed E-state index contributed by atoms with van der Waals surface area (Å²) in [6, 6.07) is 10.4. The molecule has 0 saturated heterocycles. The second-order valence-corrected chi connectivity index (χ2v) is 6.55. The summed E-state index contributed by atoms with van der Waals surface area (Å²) < 4.78 is 0. The molecule has 1 N–H and O–H groups in total. The normalized spacial score (nSPS) is 14.7. The number of aryl methyl sites for hydroxylation is 1. The van der Waals surface area contributed by atoms with Crippen molar-refractivity contribution in [3.63, 3.8) is 0 Å². The van der Waals surface area contributed by atoms with Gasteiger partial charge in [-0.2, -0.15) is 0 Å². The number of hydrogen-bond acceptors (Lipinski definition) is 4. The second-order valence-electron chi connectivity index (χ2n) is 5.49. The van der Waals surface area contributed by atoms with Gasteiger partial charge in [-0.1, -0.05) is 48.2 Å². The van der Waals surface area contributed by atoms with Gasteiger partial charge in [-0.15, -0.1) is 5.10 Å². The topological polar surface area (TPSA) is 61.9 Å². The van der Waals surface area contributed by atoms with Gasteiger partial charge < -0.3 is 4.90 Å². The molecule has 1 aliphatic heterocycles. The van der Waals surface area contributed by atoms with E-state index in [1.54, 1.807) is 0 Å². The van der Waals surface area contributed by atoms with E-state index in [9.17, 15) is 4.79 Å². The van der Waals surface area contributed by atoms with Crippen molar-refractivity contribution >= 4 is 23.2 Å². The lowest BCUT2D eigenvalue weighted by Crippen LogP contribution is -2.34. The first-order valence-electron chi connectivity index (χ1n) is 7.76. The third-order valence-electron chi connectivity index (χ3n) is 3.83. The van der Waals surface area contributed by atoms with Crippen LogP contribution in [-0.4, -0.2) is 44.8 Å². The maximum atomic E-state index is 12.3. The Kier molecular flexibility index (Phi) is 5.12. The Labute approximate surface area is 140 Å². The van der Waals surface area contributed by atoms with E-state index in [1.807, 2.05) is 17.9 Å². The number of amides is 1. The van der Waals surface area contributed by atoms with Crippen LogP contribution in [0.25, 0.3) is 5.57 Å². The van der Waals surface area contributed by atoms with Crippen LogP contribution in [0, 0.1) is 6.92 Å². The molecule has 2 aromatic rings. The molecule has 3 rings (SSSR count). The van der Waals surface area contributed by atoms with E-state index in [0.717, 1.165) is 18.8 Å². The maximum Gasteiger partial charge on any atom is 0.223 e. The van der Waals surface area contributed by atoms with Crippen molar-refractivity contribution in [1.82, 2.24) is 20.1 Å². The van der Waals surface area contributed by atoms with E-state index in [0.29, 0.717) is 23.9 Å². The molecule has 0 saturated carbocycles. The zero-order valence-electron chi connectivity index (χ0n) is 13.2. The molecule has 1 aromatic carbocycles. The van der Waals surface area contributed by atoms with Crippen molar-refractivity contribution in [2.24, 2.45) is 0 Å². The average molecular weight is 328 g/mol. The Morgan fingerprint density at radius 1 is 1.35 bits per heavy atom. The van der Waals surface area contributed by atoms with E-state index in [1.165, 1.54) is 22.9 Å². The van der Waals surface area contributed by atoms with E-state index in [-0.39, 0.29) is 5.91 Å². The number of aromatic nitrogens is 3. The molecule has 0 unspecified atom stereocenters. The molecule has 2 heterocycles. The molecule has 0 bridgehead atoms. The summed E-state index contributed by atoms with van der Waals surface area (Å²) in [5, 5.41) is 7.58. The second kappa shape index (κ2) is 7.46. The first kappa shape index (κ1) is 15.8. The van der Waals surface area contributed by atoms with E-state index >= 15 is 0 Å². The molecular weight excluding hydrogens is 308 g/mol. The molecule has 23 heavy (non-hydrogen) atoms. The van der Waals surface area contributed by atoms with Gasteiger partial charge in [0.05, 0.1) is 0 Å². The zero-order valence-corrected chi connectivity index (χ0v) is 14.0. The van der Waals surface area contributed by atoms with E-state index < -0.39 is 0 Å². The number of rotatable bonds is 5. The summed E-state index contributed by atoms with van der Waals surface area (Å²) >= 11 is 1.51. The van der Waals surface area contributed by atoms with Crippen molar-refractivity contribution in [3.05, 3.63) is 47.8 Å². The molecule has 1 aromatic heterocycles. The fourth-order valence-electron chi connectivity index (χ4n) is 2.58. The molecular formula is C17H20N4OS. The SMILES string of the molecule is Cc1nc(SCCC(=O)N2CC=C(c3ccccc3)CC2)n[nH]1. The summed E-state index contributed by atoms with van der Waals surface area (Å²) in [6.07, 6.45) is 3.61. The van der Waals surface area contributed by atoms with Crippen LogP contribution in [0.3, 0.4) is 0 Å². The smallest absolute Gasteiger partial charge is 0.223 e. The van der Waals surface area contributed by atoms with Crippen LogP contribution in [0.1, 0.15) is 24.2 Å².